The first-order chi connectivity index (χ1) is 19.3. The third kappa shape index (κ3) is 6.24. The van der Waals surface area contributed by atoms with E-state index < -0.39 is 47.1 Å². The zero-order valence-electron chi connectivity index (χ0n) is 21.0. The SMILES string of the molecule is O=C(N[C@H]1CC[C@@H](Nc2cc(C(F)(F)F)nc3ccc(Cl)cc23)CC1)c1cnn(-c2cccc(F)c2)c1C(F)(F)F. The minimum absolute atomic E-state index is 0.118. The fourth-order valence-corrected chi connectivity index (χ4v) is 5.09. The summed E-state index contributed by atoms with van der Waals surface area (Å²) in [6.45, 7) is 0. The molecule has 0 spiro atoms. The molecule has 1 aliphatic rings. The molecule has 0 bridgehead atoms. The van der Waals surface area contributed by atoms with Crippen LogP contribution < -0.4 is 10.6 Å². The Bertz CT molecular complexity index is 1590. The Hall–Kier alpha value is -3.87. The van der Waals surface area contributed by atoms with Crippen LogP contribution in [0.1, 0.15) is 47.4 Å². The molecule has 216 valence electrons. The van der Waals surface area contributed by atoms with Crippen molar-refractivity contribution in [3.8, 4) is 5.69 Å². The third-order valence-electron chi connectivity index (χ3n) is 6.82. The summed E-state index contributed by atoms with van der Waals surface area (Å²) in [5.41, 5.74) is -2.97. The molecule has 0 radical (unpaired) electrons. The van der Waals surface area contributed by atoms with Gasteiger partial charge in [-0.2, -0.15) is 31.4 Å². The van der Waals surface area contributed by atoms with Crippen molar-refractivity contribution in [1.82, 2.24) is 20.1 Å². The number of pyridine rings is 1. The van der Waals surface area contributed by atoms with Crippen molar-refractivity contribution in [1.29, 1.82) is 0 Å². The standard InChI is InChI=1S/C27H21ClF7N5O/c28-14-4-9-21-19(10-14)22(12-23(39-21)26(30,31)32)37-16-5-7-17(8-6-16)38-25(41)20-13-36-40(24(20)27(33,34)35)18-3-1-2-15(29)11-18/h1-4,9-13,16-17H,5-8H2,(H,37,39)(H,38,41)/t16-,17+. The molecule has 2 heterocycles. The van der Waals surface area contributed by atoms with Crippen molar-refractivity contribution in [2.75, 3.05) is 5.32 Å². The second-order valence-corrected chi connectivity index (χ2v) is 10.1. The van der Waals surface area contributed by atoms with E-state index in [1.807, 2.05) is 0 Å². The van der Waals surface area contributed by atoms with Gasteiger partial charge in [0.25, 0.3) is 5.91 Å². The quantitative estimate of drug-likeness (QED) is 0.235. The van der Waals surface area contributed by atoms with Crippen molar-refractivity contribution in [3.05, 3.63) is 82.5 Å². The number of fused-ring (bicyclic) bond motifs is 1. The predicted octanol–water partition coefficient (Wildman–Crippen LogP) is 7.40. The molecular formula is C27H21ClF7N5O. The molecule has 0 aliphatic heterocycles. The Morgan fingerprint density at radius 1 is 0.927 bits per heavy atom. The topological polar surface area (TPSA) is 71.8 Å². The maximum absolute atomic E-state index is 13.9. The average Bonchev–Trinajstić information content (AvgIpc) is 3.36. The fourth-order valence-electron chi connectivity index (χ4n) is 4.92. The molecule has 41 heavy (non-hydrogen) atoms. The highest BCUT2D eigenvalue weighted by Crippen LogP contribution is 2.36. The van der Waals surface area contributed by atoms with E-state index in [1.165, 1.54) is 30.3 Å². The first-order valence-electron chi connectivity index (χ1n) is 12.5. The van der Waals surface area contributed by atoms with Gasteiger partial charge >= 0.3 is 12.4 Å². The molecule has 1 saturated carbocycles. The van der Waals surface area contributed by atoms with Gasteiger partial charge in [0, 0.05) is 28.2 Å². The number of carbonyl (C=O) groups excluding carboxylic acids is 1. The summed E-state index contributed by atoms with van der Waals surface area (Å²) in [6, 6.07) is 8.93. The minimum atomic E-state index is -4.96. The van der Waals surface area contributed by atoms with Crippen LogP contribution in [0.25, 0.3) is 16.6 Å². The predicted molar refractivity (Wildman–Crippen MR) is 137 cm³/mol. The summed E-state index contributed by atoms with van der Waals surface area (Å²) >= 11 is 6.05. The zero-order chi connectivity index (χ0) is 29.5. The lowest BCUT2D eigenvalue weighted by molar-refractivity contribution is -0.143. The van der Waals surface area contributed by atoms with Gasteiger partial charge in [-0.3, -0.25) is 4.79 Å². The average molecular weight is 600 g/mol. The van der Waals surface area contributed by atoms with Crippen molar-refractivity contribution in [2.45, 2.75) is 50.1 Å². The molecule has 2 aromatic carbocycles. The maximum Gasteiger partial charge on any atom is 0.434 e. The Kier molecular flexibility index (Phi) is 7.58. The second-order valence-electron chi connectivity index (χ2n) is 9.68. The van der Waals surface area contributed by atoms with E-state index in [-0.39, 0.29) is 22.9 Å². The highest BCUT2D eigenvalue weighted by Gasteiger charge is 2.41. The summed E-state index contributed by atoms with van der Waals surface area (Å²) in [6.07, 6.45) is -7.27. The van der Waals surface area contributed by atoms with Crippen LogP contribution >= 0.6 is 11.6 Å². The number of nitrogens with zero attached hydrogens (tertiary/aromatic N) is 3. The lowest BCUT2D eigenvalue weighted by atomic mass is 9.90. The van der Waals surface area contributed by atoms with E-state index in [4.69, 9.17) is 11.6 Å². The lowest BCUT2D eigenvalue weighted by Crippen LogP contribution is -2.40. The van der Waals surface area contributed by atoms with E-state index in [0.29, 0.717) is 40.8 Å². The number of aromatic nitrogens is 3. The molecular weight excluding hydrogens is 579 g/mol. The number of alkyl halides is 6. The van der Waals surface area contributed by atoms with Crippen LogP contribution in [0.4, 0.5) is 36.4 Å². The van der Waals surface area contributed by atoms with Gasteiger partial charge in [0.2, 0.25) is 0 Å². The van der Waals surface area contributed by atoms with Gasteiger partial charge in [-0.25, -0.2) is 14.1 Å². The van der Waals surface area contributed by atoms with Gasteiger partial charge in [0.15, 0.2) is 5.69 Å². The molecule has 2 N–H and O–H groups in total. The van der Waals surface area contributed by atoms with Gasteiger partial charge in [-0.15, -0.1) is 0 Å². The molecule has 14 heteroatoms. The van der Waals surface area contributed by atoms with Crippen LogP contribution in [0.5, 0.6) is 0 Å². The fraction of sp³-hybridized carbons (Fsp3) is 0.296. The van der Waals surface area contributed by atoms with Gasteiger partial charge < -0.3 is 10.6 Å². The van der Waals surface area contributed by atoms with E-state index in [9.17, 15) is 35.5 Å². The molecule has 4 aromatic rings. The number of carbonyl (C=O) groups is 1. The van der Waals surface area contributed by atoms with Crippen LogP contribution in [0.15, 0.2) is 54.7 Å². The number of halogens is 8. The molecule has 0 unspecified atom stereocenters. The molecule has 1 amide bonds. The van der Waals surface area contributed by atoms with Gasteiger partial charge in [-0.1, -0.05) is 17.7 Å². The van der Waals surface area contributed by atoms with Crippen molar-refractivity contribution in [2.24, 2.45) is 0 Å². The first-order valence-corrected chi connectivity index (χ1v) is 12.8. The van der Waals surface area contributed by atoms with Gasteiger partial charge in [0.05, 0.1) is 23.0 Å². The Morgan fingerprint density at radius 2 is 1.63 bits per heavy atom. The Balaban J connectivity index is 1.29. The summed E-state index contributed by atoms with van der Waals surface area (Å²) < 4.78 is 96.2. The smallest absolute Gasteiger partial charge is 0.382 e. The van der Waals surface area contributed by atoms with E-state index in [0.717, 1.165) is 24.4 Å². The highest BCUT2D eigenvalue weighted by molar-refractivity contribution is 6.31. The lowest BCUT2D eigenvalue weighted by Gasteiger charge is -2.30. The van der Waals surface area contributed by atoms with Crippen LogP contribution in [0.3, 0.4) is 0 Å². The normalized spacial score (nSPS) is 18.0. The first kappa shape index (κ1) is 28.7. The van der Waals surface area contributed by atoms with Crippen LogP contribution in [0.2, 0.25) is 5.02 Å². The van der Waals surface area contributed by atoms with Crippen molar-refractivity contribution in [3.63, 3.8) is 0 Å². The second kappa shape index (κ2) is 10.8. The summed E-state index contributed by atoms with van der Waals surface area (Å²) in [7, 11) is 0. The maximum atomic E-state index is 13.9. The van der Waals surface area contributed by atoms with Gasteiger partial charge in [0.1, 0.15) is 11.5 Å². The molecule has 6 nitrogen and oxygen atoms in total. The number of hydrogen-bond donors (Lipinski definition) is 2. The minimum Gasteiger partial charge on any atom is -0.382 e. The van der Waals surface area contributed by atoms with Crippen LogP contribution in [-0.4, -0.2) is 32.8 Å². The Morgan fingerprint density at radius 3 is 2.29 bits per heavy atom. The van der Waals surface area contributed by atoms with E-state index in [2.05, 4.69) is 20.7 Å². The zero-order valence-corrected chi connectivity index (χ0v) is 21.7. The largest absolute Gasteiger partial charge is 0.434 e. The van der Waals surface area contributed by atoms with E-state index >= 15 is 0 Å². The van der Waals surface area contributed by atoms with Crippen LogP contribution in [0, 0.1) is 5.82 Å². The summed E-state index contributed by atoms with van der Waals surface area (Å²) in [5.74, 6) is -1.75. The Labute approximate surface area is 233 Å². The van der Waals surface area contributed by atoms with Crippen LogP contribution in [-0.2, 0) is 12.4 Å². The molecule has 1 aliphatic carbocycles. The summed E-state index contributed by atoms with van der Waals surface area (Å²) in [4.78, 5) is 16.6. The number of nitrogens with one attached hydrogen (secondary N) is 2. The molecule has 1 fully saturated rings. The monoisotopic (exact) mass is 599 g/mol. The number of amides is 1. The van der Waals surface area contributed by atoms with Crippen molar-refractivity contribution >= 4 is 34.1 Å². The number of rotatable bonds is 5. The highest BCUT2D eigenvalue weighted by atomic mass is 35.5. The summed E-state index contributed by atoms with van der Waals surface area (Å²) in [5, 5.41) is 10.2. The molecule has 5 rings (SSSR count). The molecule has 2 aromatic heterocycles. The third-order valence-corrected chi connectivity index (χ3v) is 7.05. The van der Waals surface area contributed by atoms with E-state index in [1.54, 1.807) is 0 Å². The molecule has 0 saturated heterocycles. The molecule has 0 atom stereocenters. The van der Waals surface area contributed by atoms with Gasteiger partial charge in [-0.05, 0) is 68.1 Å². The number of anilines is 1. The van der Waals surface area contributed by atoms with Crippen molar-refractivity contribution < 1.29 is 35.5 Å². The number of benzene rings is 2. The number of hydrogen-bond acceptors (Lipinski definition) is 4.